The SMILES string of the molecule is C[C@H](c1nc2ccccc2s1)N(C)C(=O)CN1CCN(Cc2cccs2)CC1. The average Bonchev–Trinajstić information content (AvgIpc) is 3.37. The highest BCUT2D eigenvalue weighted by molar-refractivity contribution is 7.18. The van der Waals surface area contributed by atoms with Gasteiger partial charge in [0, 0.05) is 44.6 Å². The van der Waals surface area contributed by atoms with Crippen molar-refractivity contribution in [2.75, 3.05) is 39.8 Å². The van der Waals surface area contributed by atoms with Crippen LogP contribution in [0.3, 0.4) is 0 Å². The first kappa shape index (κ1) is 19.5. The number of hydrogen-bond donors (Lipinski definition) is 0. The van der Waals surface area contributed by atoms with Gasteiger partial charge in [-0.15, -0.1) is 22.7 Å². The van der Waals surface area contributed by atoms with Crippen LogP contribution in [0.5, 0.6) is 0 Å². The van der Waals surface area contributed by atoms with Crippen molar-refractivity contribution < 1.29 is 4.79 Å². The molecule has 1 aromatic carbocycles. The third kappa shape index (κ3) is 4.43. The number of carbonyl (C=O) groups is 1. The third-order valence-electron chi connectivity index (χ3n) is 5.43. The first-order valence-corrected chi connectivity index (χ1v) is 11.4. The maximum Gasteiger partial charge on any atom is 0.237 e. The Hall–Kier alpha value is -1.80. The van der Waals surface area contributed by atoms with Crippen molar-refractivity contribution in [2.24, 2.45) is 0 Å². The van der Waals surface area contributed by atoms with Gasteiger partial charge >= 0.3 is 0 Å². The van der Waals surface area contributed by atoms with E-state index >= 15 is 0 Å². The lowest BCUT2D eigenvalue weighted by atomic mass is 10.2. The van der Waals surface area contributed by atoms with Gasteiger partial charge in [0.15, 0.2) is 0 Å². The average molecular weight is 415 g/mol. The molecule has 2 aromatic heterocycles. The van der Waals surface area contributed by atoms with E-state index in [0.29, 0.717) is 6.54 Å². The largest absolute Gasteiger partial charge is 0.335 e. The number of thiazole rings is 1. The quantitative estimate of drug-likeness (QED) is 0.617. The zero-order chi connectivity index (χ0) is 19.5. The van der Waals surface area contributed by atoms with Crippen molar-refractivity contribution in [2.45, 2.75) is 19.5 Å². The van der Waals surface area contributed by atoms with Crippen molar-refractivity contribution in [3.05, 3.63) is 51.7 Å². The lowest BCUT2D eigenvalue weighted by Gasteiger charge is -2.35. The fourth-order valence-corrected chi connectivity index (χ4v) is 5.29. The second kappa shape index (κ2) is 8.69. The Morgan fingerprint density at radius 2 is 1.89 bits per heavy atom. The van der Waals surface area contributed by atoms with Crippen molar-refractivity contribution in [3.8, 4) is 0 Å². The Morgan fingerprint density at radius 1 is 1.14 bits per heavy atom. The summed E-state index contributed by atoms with van der Waals surface area (Å²) < 4.78 is 1.17. The molecule has 0 spiro atoms. The number of aromatic nitrogens is 1. The Labute approximate surface area is 174 Å². The molecule has 5 nitrogen and oxygen atoms in total. The molecule has 1 saturated heterocycles. The molecule has 0 unspecified atom stereocenters. The summed E-state index contributed by atoms with van der Waals surface area (Å²) in [5.41, 5.74) is 1.01. The van der Waals surface area contributed by atoms with Gasteiger partial charge in [-0.25, -0.2) is 4.98 Å². The molecule has 1 atom stereocenters. The van der Waals surface area contributed by atoms with E-state index in [9.17, 15) is 4.79 Å². The summed E-state index contributed by atoms with van der Waals surface area (Å²) in [4.78, 5) is 25.5. The number of hydrogen-bond acceptors (Lipinski definition) is 6. The fourth-order valence-electron chi connectivity index (χ4n) is 3.48. The van der Waals surface area contributed by atoms with Crippen LogP contribution in [0.1, 0.15) is 22.9 Å². The van der Waals surface area contributed by atoms with E-state index in [1.54, 1.807) is 11.3 Å². The van der Waals surface area contributed by atoms with Gasteiger partial charge in [0.2, 0.25) is 5.91 Å². The molecule has 148 valence electrons. The van der Waals surface area contributed by atoms with Crippen LogP contribution in [0.2, 0.25) is 0 Å². The second-order valence-corrected chi connectivity index (χ2v) is 9.43. The minimum Gasteiger partial charge on any atom is -0.335 e. The summed E-state index contributed by atoms with van der Waals surface area (Å²) in [7, 11) is 1.89. The van der Waals surface area contributed by atoms with Crippen molar-refractivity contribution in [1.82, 2.24) is 19.7 Å². The van der Waals surface area contributed by atoms with Crippen LogP contribution in [0, 0.1) is 0 Å². The normalized spacial score (nSPS) is 17.1. The number of carbonyl (C=O) groups excluding carboxylic acids is 1. The molecule has 4 rings (SSSR count). The molecular formula is C21H26N4OS2. The van der Waals surface area contributed by atoms with Gasteiger partial charge in [-0.2, -0.15) is 0 Å². The Morgan fingerprint density at radius 3 is 2.61 bits per heavy atom. The summed E-state index contributed by atoms with van der Waals surface area (Å²) in [6, 6.07) is 12.4. The highest BCUT2D eigenvalue weighted by Crippen LogP contribution is 2.28. The summed E-state index contributed by atoms with van der Waals surface area (Å²) in [5, 5.41) is 3.13. The van der Waals surface area contributed by atoms with Crippen LogP contribution in [0.15, 0.2) is 41.8 Å². The maximum absolute atomic E-state index is 12.8. The Kier molecular flexibility index (Phi) is 6.06. The van der Waals surface area contributed by atoms with Crippen LogP contribution >= 0.6 is 22.7 Å². The van der Waals surface area contributed by atoms with Gasteiger partial charge in [-0.05, 0) is 30.5 Å². The van der Waals surface area contributed by atoms with E-state index in [4.69, 9.17) is 4.98 Å². The predicted octanol–water partition coefficient (Wildman–Crippen LogP) is 3.70. The van der Waals surface area contributed by atoms with Crippen molar-refractivity contribution in [3.63, 3.8) is 0 Å². The summed E-state index contributed by atoms with van der Waals surface area (Å²) >= 11 is 3.49. The minimum atomic E-state index is -0.00924. The zero-order valence-electron chi connectivity index (χ0n) is 16.4. The van der Waals surface area contributed by atoms with Gasteiger partial charge < -0.3 is 4.90 Å². The van der Waals surface area contributed by atoms with E-state index in [2.05, 4.69) is 40.3 Å². The van der Waals surface area contributed by atoms with E-state index in [-0.39, 0.29) is 11.9 Å². The molecule has 1 fully saturated rings. The van der Waals surface area contributed by atoms with Crippen LogP contribution in [-0.4, -0.2) is 65.4 Å². The molecule has 0 saturated carbocycles. The number of fused-ring (bicyclic) bond motifs is 1. The maximum atomic E-state index is 12.8. The third-order valence-corrected chi connectivity index (χ3v) is 7.49. The molecular weight excluding hydrogens is 388 g/mol. The highest BCUT2D eigenvalue weighted by atomic mass is 32.1. The lowest BCUT2D eigenvalue weighted by molar-refractivity contribution is -0.133. The van der Waals surface area contributed by atoms with Crippen molar-refractivity contribution in [1.29, 1.82) is 0 Å². The zero-order valence-corrected chi connectivity index (χ0v) is 18.0. The monoisotopic (exact) mass is 414 g/mol. The number of rotatable bonds is 6. The molecule has 1 aliphatic rings. The molecule has 28 heavy (non-hydrogen) atoms. The molecule has 1 aliphatic heterocycles. The number of benzene rings is 1. The molecule has 0 radical (unpaired) electrons. The van der Waals surface area contributed by atoms with Gasteiger partial charge in [-0.3, -0.25) is 14.6 Å². The summed E-state index contributed by atoms with van der Waals surface area (Å²) in [6.07, 6.45) is 0. The minimum absolute atomic E-state index is 0.00924. The topological polar surface area (TPSA) is 39.7 Å². The van der Waals surface area contributed by atoms with E-state index in [0.717, 1.165) is 43.2 Å². The summed E-state index contributed by atoms with van der Waals surface area (Å²) in [6.45, 7) is 7.49. The van der Waals surface area contributed by atoms with Gasteiger partial charge in [0.05, 0.1) is 22.8 Å². The smallest absolute Gasteiger partial charge is 0.237 e. The van der Waals surface area contributed by atoms with Crippen LogP contribution in [0.4, 0.5) is 0 Å². The number of thiophene rings is 1. The molecule has 3 heterocycles. The van der Waals surface area contributed by atoms with E-state index in [1.165, 1.54) is 9.58 Å². The molecule has 0 bridgehead atoms. The van der Waals surface area contributed by atoms with E-state index in [1.807, 2.05) is 41.5 Å². The summed E-state index contributed by atoms with van der Waals surface area (Å²) in [5.74, 6) is 0.165. The van der Waals surface area contributed by atoms with Crippen LogP contribution < -0.4 is 0 Å². The molecule has 1 amide bonds. The van der Waals surface area contributed by atoms with Crippen LogP contribution in [0.25, 0.3) is 10.2 Å². The number of para-hydroxylation sites is 1. The first-order valence-electron chi connectivity index (χ1n) is 9.68. The number of nitrogens with zero attached hydrogens (tertiary/aromatic N) is 4. The Balaban J connectivity index is 1.29. The predicted molar refractivity (Wildman–Crippen MR) is 117 cm³/mol. The lowest BCUT2D eigenvalue weighted by Crippen LogP contribution is -2.49. The molecule has 0 N–H and O–H groups in total. The van der Waals surface area contributed by atoms with Gasteiger partial charge in [0.1, 0.15) is 5.01 Å². The molecule has 3 aromatic rings. The van der Waals surface area contributed by atoms with Gasteiger partial charge in [-0.1, -0.05) is 18.2 Å². The highest BCUT2D eigenvalue weighted by Gasteiger charge is 2.24. The second-order valence-electron chi connectivity index (χ2n) is 7.33. The van der Waals surface area contributed by atoms with Crippen molar-refractivity contribution >= 4 is 38.8 Å². The number of piperazine rings is 1. The standard InChI is InChI=1S/C21H26N4OS2/c1-16(21-22-18-7-3-4-8-19(18)28-21)23(2)20(26)15-25-11-9-24(10-12-25)14-17-6-5-13-27-17/h3-8,13,16H,9-12,14-15H2,1-2H3/t16-/m1/s1. The van der Waals surface area contributed by atoms with Gasteiger partial charge in [0.25, 0.3) is 0 Å². The van der Waals surface area contributed by atoms with Crippen LogP contribution in [-0.2, 0) is 11.3 Å². The molecule has 0 aliphatic carbocycles. The fraction of sp³-hybridized carbons (Fsp3) is 0.429. The number of likely N-dealkylation sites (N-methyl/N-ethyl adjacent to an activating group) is 1. The Bertz CT molecular complexity index is 883. The first-order chi connectivity index (χ1) is 13.6. The van der Waals surface area contributed by atoms with E-state index < -0.39 is 0 Å². The number of amides is 1. The molecule has 7 heteroatoms.